The molecule has 3 aromatic rings. The summed E-state index contributed by atoms with van der Waals surface area (Å²) in [6, 6.07) is 12.6. The molecule has 1 aromatic heterocycles. The minimum absolute atomic E-state index is 0.199. The molecule has 2 heterocycles. The van der Waals surface area contributed by atoms with Crippen molar-refractivity contribution in [2.75, 3.05) is 19.3 Å². The molecule has 0 radical (unpaired) electrons. The van der Waals surface area contributed by atoms with E-state index >= 15 is 0 Å². The summed E-state index contributed by atoms with van der Waals surface area (Å²) in [5.74, 6) is -0.481. The number of fused-ring (bicyclic) bond motifs is 1. The van der Waals surface area contributed by atoms with Crippen molar-refractivity contribution < 1.29 is 13.2 Å². The van der Waals surface area contributed by atoms with Crippen molar-refractivity contribution in [2.45, 2.75) is 22.6 Å². The fourth-order valence-corrected chi connectivity index (χ4v) is 7.61. The van der Waals surface area contributed by atoms with Crippen molar-refractivity contribution in [2.24, 2.45) is 18.0 Å². The molecule has 31 heavy (non-hydrogen) atoms. The number of carbonyl (C=O) groups excluding carboxylic acids is 1. The van der Waals surface area contributed by atoms with E-state index < -0.39 is 10.0 Å². The number of aryl methyl sites for hydroxylation is 1. The van der Waals surface area contributed by atoms with Gasteiger partial charge in [-0.05, 0) is 49.4 Å². The first-order valence-corrected chi connectivity index (χ1v) is 13.6. The van der Waals surface area contributed by atoms with Crippen LogP contribution in [0, 0.1) is 5.92 Å². The summed E-state index contributed by atoms with van der Waals surface area (Å²) in [5.41, 5.74) is 0.967. The fraction of sp³-hybridized carbons (Fsp3) is 0.333. The molecule has 1 aliphatic heterocycles. The molecule has 4 rings (SSSR count). The van der Waals surface area contributed by atoms with Gasteiger partial charge in [-0.3, -0.25) is 4.79 Å². The number of halogens is 1. The largest absolute Gasteiger partial charge is 0.319 e. The number of thiazole rings is 1. The number of hydrogen-bond acceptors (Lipinski definition) is 5. The number of carbonyl (C=O) groups is 1. The van der Waals surface area contributed by atoms with Gasteiger partial charge in [-0.2, -0.15) is 9.30 Å². The van der Waals surface area contributed by atoms with Crippen molar-refractivity contribution in [1.29, 1.82) is 0 Å². The molecular formula is C21H22ClN3O3S3. The standard InChI is InChI=1S/C21H22ClN3O3S3/c1-24-16-8-7-15(22)13-18(16)30-21(24)23-20(26)14-9-11-25(12-10-14)31(27,28)19-6-4-3-5-17(19)29-2/h3-8,13-14H,9-12H2,1-2H3. The fourth-order valence-electron chi connectivity index (χ4n) is 3.71. The number of benzene rings is 2. The highest BCUT2D eigenvalue weighted by molar-refractivity contribution is 7.99. The van der Waals surface area contributed by atoms with Crippen molar-refractivity contribution in [1.82, 2.24) is 8.87 Å². The molecule has 1 aliphatic rings. The Morgan fingerprint density at radius 1 is 1.19 bits per heavy atom. The molecule has 0 spiro atoms. The van der Waals surface area contributed by atoms with E-state index in [1.165, 1.54) is 27.4 Å². The van der Waals surface area contributed by atoms with Gasteiger partial charge < -0.3 is 4.57 Å². The molecule has 0 bridgehead atoms. The Kier molecular flexibility index (Phi) is 6.60. The lowest BCUT2D eigenvalue weighted by Gasteiger charge is -2.30. The summed E-state index contributed by atoms with van der Waals surface area (Å²) in [7, 11) is -1.71. The van der Waals surface area contributed by atoms with E-state index in [2.05, 4.69) is 4.99 Å². The number of rotatable bonds is 4. The van der Waals surface area contributed by atoms with Crippen molar-refractivity contribution in [3.63, 3.8) is 0 Å². The first kappa shape index (κ1) is 22.5. The van der Waals surface area contributed by atoms with E-state index in [0.717, 1.165) is 15.1 Å². The lowest BCUT2D eigenvalue weighted by Crippen LogP contribution is -2.40. The van der Waals surface area contributed by atoms with Crippen LogP contribution < -0.4 is 4.80 Å². The van der Waals surface area contributed by atoms with Gasteiger partial charge in [0.1, 0.15) is 0 Å². The highest BCUT2D eigenvalue weighted by Crippen LogP contribution is 2.30. The van der Waals surface area contributed by atoms with Crippen molar-refractivity contribution >= 4 is 60.8 Å². The van der Waals surface area contributed by atoms with Crippen molar-refractivity contribution in [3.05, 3.63) is 52.3 Å². The first-order chi connectivity index (χ1) is 14.8. The summed E-state index contributed by atoms with van der Waals surface area (Å²) >= 11 is 8.90. The number of aromatic nitrogens is 1. The van der Waals surface area contributed by atoms with Crippen LogP contribution in [0.2, 0.25) is 5.02 Å². The molecule has 10 heteroatoms. The van der Waals surface area contributed by atoms with Crippen LogP contribution in [-0.4, -0.2) is 42.5 Å². The van der Waals surface area contributed by atoms with Gasteiger partial charge in [-0.15, -0.1) is 11.8 Å². The second-order valence-corrected chi connectivity index (χ2v) is 11.5. The van der Waals surface area contributed by atoms with E-state index in [1.807, 2.05) is 48.2 Å². The molecule has 0 N–H and O–H groups in total. The Hall–Kier alpha value is -1.65. The molecule has 1 saturated heterocycles. The van der Waals surface area contributed by atoms with E-state index in [1.54, 1.807) is 12.1 Å². The van der Waals surface area contributed by atoms with Gasteiger partial charge in [-0.25, -0.2) is 8.42 Å². The molecule has 2 aromatic carbocycles. The van der Waals surface area contributed by atoms with Crippen LogP contribution in [0.5, 0.6) is 0 Å². The van der Waals surface area contributed by atoms with Crippen LogP contribution in [0.25, 0.3) is 10.2 Å². The number of sulfonamides is 1. The zero-order valence-corrected chi connectivity index (χ0v) is 20.3. The Balaban J connectivity index is 1.51. The average molecular weight is 496 g/mol. The zero-order valence-electron chi connectivity index (χ0n) is 17.1. The normalized spacial score (nSPS) is 16.8. The Morgan fingerprint density at radius 2 is 1.90 bits per heavy atom. The topological polar surface area (TPSA) is 71.7 Å². The third-order valence-corrected chi connectivity index (χ3v) is 9.68. The van der Waals surface area contributed by atoms with Crippen molar-refractivity contribution in [3.8, 4) is 0 Å². The molecule has 0 atom stereocenters. The maximum atomic E-state index is 13.1. The van der Waals surface area contributed by atoms with E-state index in [0.29, 0.717) is 40.7 Å². The summed E-state index contributed by atoms with van der Waals surface area (Å²) in [5, 5.41) is 0.642. The maximum absolute atomic E-state index is 13.1. The Bertz CT molecular complexity index is 1310. The van der Waals surface area contributed by atoms with Crippen LogP contribution >= 0.6 is 34.7 Å². The summed E-state index contributed by atoms with van der Waals surface area (Å²) in [6.45, 7) is 0.621. The molecule has 1 amide bonds. The van der Waals surface area contributed by atoms with Crippen LogP contribution in [0.4, 0.5) is 0 Å². The zero-order chi connectivity index (χ0) is 22.2. The van der Waals surface area contributed by atoms with Crippen LogP contribution in [0.15, 0.2) is 57.2 Å². The highest BCUT2D eigenvalue weighted by atomic mass is 35.5. The second kappa shape index (κ2) is 9.07. The van der Waals surface area contributed by atoms with E-state index in [-0.39, 0.29) is 11.8 Å². The first-order valence-electron chi connectivity index (χ1n) is 9.78. The van der Waals surface area contributed by atoms with Gasteiger partial charge in [0, 0.05) is 36.0 Å². The number of thioether (sulfide) groups is 1. The minimum atomic E-state index is -3.58. The number of piperidine rings is 1. The second-order valence-electron chi connectivity index (χ2n) is 7.33. The third kappa shape index (κ3) is 4.47. The SMILES string of the molecule is CSc1ccccc1S(=O)(=O)N1CCC(C(=O)N=c2sc3cc(Cl)ccc3n2C)CC1. The lowest BCUT2D eigenvalue weighted by atomic mass is 9.98. The predicted molar refractivity (Wildman–Crippen MR) is 126 cm³/mol. The lowest BCUT2D eigenvalue weighted by molar-refractivity contribution is -0.122. The van der Waals surface area contributed by atoms with Crippen LogP contribution in [0.3, 0.4) is 0 Å². The van der Waals surface area contributed by atoms with E-state index in [4.69, 9.17) is 11.6 Å². The quantitative estimate of drug-likeness (QED) is 0.510. The summed E-state index contributed by atoms with van der Waals surface area (Å²) in [6.07, 6.45) is 2.79. The maximum Gasteiger partial charge on any atom is 0.251 e. The molecule has 164 valence electrons. The minimum Gasteiger partial charge on any atom is -0.319 e. The third-order valence-electron chi connectivity index (χ3n) is 5.47. The highest BCUT2D eigenvalue weighted by Gasteiger charge is 2.33. The Morgan fingerprint density at radius 3 is 2.61 bits per heavy atom. The molecule has 0 aliphatic carbocycles. The molecular weight excluding hydrogens is 474 g/mol. The predicted octanol–water partition coefficient (Wildman–Crippen LogP) is 4.14. The average Bonchev–Trinajstić information content (AvgIpc) is 3.07. The smallest absolute Gasteiger partial charge is 0.251 e. The summed E-state index contributed by atoms with van der Waals surface area (Å²) < 4.78 is 30.5. The number of hydrogen-bond donors (Lipinski definition) is 0. The van der Waals surface area contributed by atoms with Gasteiger partial charge >= 0.3 is 0 Å². The molecule has 6 nitrogen and oxygen atoms in total. The van der Waals surface area contributed by atoms with Crippen LogP contribution in [-0.2, 0) is 21.9 Å². The summed E-state index contributed by atoms with van der Waals surface area (Å²) in [4.78, 5) is 18.8. The Labute approximate surface area is 194 Å². The van der Waals surface area contributed by atoms with Gasteiger partial charge in [0.2, 0.25) is 10.0 Å². The molecule has 1 fully saturated rings. The van der Waals surface area contributed by atoms with E-state index in [9.17, 15) is 13.2 Å². The molecule has 0 unspecified atom stereocenters. The van der Waals surface area contributed by atoms with Gasteiger partial charge in [0.25, 0.3) is 5.91 Å². The van der Waals surface area contributed by atoms with Gasteiger partial charge in [0.15, 0.2) is 4.80 Å². The van der Waals surface area contributed by atoms with Crippen LogP contribution in [0.1, 0.15) is 12.8 Å². The molecule has 0 saturated carbocycles. The van der Waals surface area contributed by atoms with Gasteiger partial charge in [-0.1, -0.05) is 35.1 Å². The monoisotopic (exact) mass is 495 g/mol. The number of amides is 1. The number of nitrogens with zero attached hydrogens (tertiary/aromatic N) is 3. The van der Waals surface area contributed by atoms with Gasteiger partial charge in [0.05, 0.1) is 15.1 Å².